The number of ether oxygens (including phenoxy) is 1. The van der Waals surface area contributed by atoms with E-state index in [-0.39, 0.29) is 18.5 Å². The summed E-state index contributed by atoms with van der Waals surface area (Å²) >= 11 is 0. The van der Waals surface area contributed by atoms with Crippen LogP contribution in [0.4, 0.5) is 0 Å². The first-order valence-corrected chi connectivity index (χ1v) is 5.68. The number of halogens is 1. The topological polar surface area (TPSA) is 45.0 Å². The van der Waals surface area contributed by atoms with Crippen molar-refractivity contribution in [1.82, 2.24) is 5.32 Å². The van der Waals surface area contributed by atoms with Crippen molar-refractivity contribution in [2.24, 2.45) is 0 Å². The lowest BCUT2D eigenvalue weighted by Crippen LogP contribution is -2.34. The highest BCUT2D eigenvalue weighted by Crippen LogP contribution is 2.22. The predicted molar refractivity (Wildman–Crippen MR) is 69.7 cm³/mol. The summed E-state index contributed by atoms with van der Waals surface area (Å²) in [4.78, 5) is 0. The van der Waals surface area contributed by atoms with Crippen molar-refractivity contribution >= 4 is 12.4 Å². The molecule has 0 radical (unpaired) electrons. The summed E-state index contributed by atoms with van der Waals surface area (Å²) in [5.74, 6) is 0.853. The normalized spacial score (nSPS) is 15.8. The Morgan fingerprint density at radius 2 is 2.06 bits per heavy atom. The Morgan fingerprint density at radius 1 is 1.35 bits per heavy atom. The number of rotatable bonds is 2. The highest BCUT2D eigenvalue weighted by molar-refractivity contribution is 5.85. The number of hydrogen-bond acceptors (Lipinski definition) is 3. The van der Waals surface area contributed by atoms with Gasteiger partial charge < -0.3 is 10.1 Å². The lowest BCUT2D eigenvalue weighted by Gasteiger charge is -2.24. The van der Waals surface area contributed by atoms with Gasteiger partial charge in [0.15, 0.2) is 0 Å². The van der Waals surface area contributed by atoms with Crippen molar-refractivity contribution in [3.05, 3.63) is 29.3 Å². The summed E-state index contributed by atoms with van der Waals surface area (Å²) in [6.45, 7) is 4.04. The fourth-order valence-corrected chi connectivity index (χ4v) is 1.89. The van der Waals surface area contributed by atoms with Crippen LogP contribution in [0.25, 0.3) is 0 Å². The zero-order valence-corrected chi connectivity index (χ0v) is 10.7. The zero-order valence-electron chi connectivity index (χ0n) is 9.90. The van der Waals surface area contributed by atoms with E-state index in [1.807, 2.05) is 25.1 Å². The van der Waals surface area contributed by atoms with Crippen molar-refractivity contribution in [1.29, 1.82) is 5.26 Å². The molecule has 1 aliphatic rings. The van der Waals surface area contributed by atoms with Crippen molar-refractivity contribution in [3.63, 3.8) is 0 Å². The molecule has 0 saturated carbocycles. The van der Waals surface area contributed by atoms with Crippen LogP contribution in [0.15, 0.2) is 18.2 Å². The molecule has 0 unspecified atom stereocenters. The molecule has 0 amide bonds. The van der Waals surface area contributed by atoms with Crippen LogP contribution in [0.5, 0.6) is 5.75 Å². The number of nitriles is 1. The van der Waals surface area contributed by atoms with Gasteiger partial charge in [0.2, 0.25) is 0 Å². The van der Waals surface area contributed by atoms with Crippen molar-refractivity contribution in [2.45, 2.75) is 25.9 Å². The molecular formula is C13H17ClN2O. The van der Waals surface area contributed by atoms with Gasteiger partial charge >= 0.3 is 0 Å². The summed E-state index contributed by atoms with van der Waals surface area (Å²) < 4.78 is 5.94. The fourth-order valence-electron chi connectivity index (χ4n) is 1.89. The second-order valence-corrected chi connectivity index (χ2v) is 4.16. The van der Waals surface area contributed by atoms with Crippen molar-refractivity contribution < 1.29 is 4.74 Å². The summed E-state index contributed by atoms with van der Waals surface area (Å²) in [7, 11) is 0. The van der Waals surface area contributed by atoms with E-state index >= 15 is 0 Å². The van der Waals surface area contributed by atoms with Crippen molar-refractivity contribution in [3.8, 4) is 11.8 Å². The van der Waals surface area contributed by atoms with Gasteiger partial charge in [-0.3, -0.25) is 0 Å². The van der Waals surface area contributed by atoms with E-state index in [0.717, 1.165) is 37.2 Å². The molecule has 0 atom stereocenters. The van der Waals surface area contributed by atoms with Gasteiger partial charge in [-0.15, -0.1) is 12.4 Å². The molecule has 2 rings (SSSR count). The van der Waals surface area contributed by atoms with Crippen LogP contribution in [-0.2, 0) is 0 Å². The van der Waals surface area contributed by atoms with Crippen LogP contribution < -0.4 is 10.1 Å². The Bertz CT molecular complexity index is 408. The molecule has 1 fully saturated rings. The Kier molecular flexibility index (Phi) is 5.27. The molecule has 0 aliphatic carbocycles. The number of aryl methyl sites for hydroxylation is 1. The van der Waals surface area contributed by atoms with Gasteiger partial charge in [0.1, 0.15) is 11.9 Å². The van der Waals surface area contributed by atoms with Crippen LogP contribution in [0.1, 0.15) is 24.0 Å². The molecule has 17 heavy (non-hydrogen) atoms. The molecule has 1 saturated heterocycles. The SMILES string of the molecule is Cc1ccc(C#N)cc1OC1CCNCC1.Cl. The van der Waals surface area contributed by atoms with Gasteiger partial charge in [0.25, 0.3) is 0 Å². The van der Waals surface area contributed by atoms with E-state index in [4.69, 9.17) is 10.00 Å². The lowest BCUT2D eigenvalue weighted by molar-refractivity contribution is 0.161. The van der Waals surface area contributed by atoms with Crippen LogP contribution >= 0.6 is 12.4 Å². The summed E-state index contributed by atoms with van der Waals surface area (Å²) in [6.07, 6.45) is 2.36. The van der Waals surface area contributed by atoms with Crippen molar-refractivity contribution in [2.75, 3.05) is 13.1 Å². The zero-order chi connectivity index (χ0) is 11.4. The minimum atomic E-state index is 0. The Hall–Kier alpha value is -1.24. The first-order valence-electron chi connectivity index (χ1n) is 5.68. The van der Waals surface area contributed by atoms with Gasteiger partial charge in [-0.05, 0) is 50.6 Å². The molecule has 4 heteroatoms. The third-order valence-corrected chi connectivity index (χ3v) is 2.90. The van der Waals surface area contributed by atoms with Gasteiger partial charge in [0.05, 0.1) is 11.6 Å². The molecule has 1 aromatic carbocycles. The van der Waals surface area contributed by atoms with Crippen LogP contribution in [0.2, 0.25) is 0 Å². The average molecular weight is 253 g/mol. The minimum absolute atomic E-state index is 0. The molecule has 0 bridgehead atoms. The molecule has 0 aromatic heterocycles. The molecule has 1 heterocycles. The van der Waals surface area contributed by atoms with Crippen LogP contribution in [-0.4, -0.2) is 19.2 Å². The highest BCUT2D eigenvalue weighted by atomic mass is 35.5. The first kappa shape index (κ1) is 13.8. The van der Waals surface area contributed by atoms with E-state index in [0.29, 0.717) is 5.56 Å². The standard InChI is InChI=1S/C13H16N2O.ClH/c1-10-2-3-11(9-14)8-13(10)16-12-4-6-15-7-5-12;/h2-3,8,12,15H,4-7H2,1H3;1H. The Balaban J connectivity index is 0.00000144. The molecule has 1 aliphatic heterocycles. The largest absolute Gasteiger partial charge is 0.490 e. The van der Waals surface area contributed by atoms with Gasteiger partial charge in [-0.1, -0.05) is 6.07 Å². The maximum Gasteiger partial charge on any atom is 0.123 e. The fraction of sp³-hybridized carbons (Fsp3) is 0.462. The number of nitrogens with zero attached hydrogens (tertiary/aromatic N) is 1. The number of hydrogen-bond donors (Lipinski definition) is 1. The summed E-state index contributed by atoms with van der Waals surface area (Å²) in [6, 6.07) is 7.73. The molecular weight excluding hydrogens is 236 g/mol. The molecule has 1 N–H and O–H groups in total. The third kappa shape index (κ3) is 3.62. The number of benzene rings is 1. The molecule has 0 spiro atoms. The second-order valence-electron chi connectivity index (χ2n) is 4.16. The van der Waals surface area contributed by atoms with E-state index in [9.17, 15) is 0 Å². The van der Waals surface area contributed by atoms with Gasteiger partial charge in [0, 0.05) is 0 Å². The van der Waals surface area contributed by atoms with Gasteiger partial charge in [-0.25, -0.2) is 0 Å². The highest BCUT2D eigenvalue weighted by Gasteiger charge is 2.15. The monoisotopic (exact) mass is 252 g/mol. The van der Waals surface area contributed by atoms with E-state index in [1.54, 1.807) is 0 Å². The van der Waals surface area contributed by atoms with E-state index in [2.05, 4.69) is 11.4 Å². The first-order chi connectivity index (χ1) is 7.79. The average Bonchev–Trinajstić information content (AvgIpc) is 2.33. The smallest absolute Gasteiger partial charge is 0.123 e. The van der Waals surface area contributed by atoms with Crippen LogP contribution in [0.3, 0.4) is 0 Å². The molecule has 92 valence electrons. The van der Waals surface area contributed by atoms with Crippen LogP contribution in [0, 0.1) is 18.3 Å². The molecule has 3 nitrogen and oxygen atoms in total. The number of nitrogens with one attached hydrogen (secondary N) is 1. The van der Waals surface area contributed by atoms with Gasteiger partial charge in [-0.2, -0.15) is 5.26 Å². The predicted octanol–water partition coefficient (Wildman–Crippen LogP) is 2.42. The summed E-state index contributed by atoms with van der Waals surface area (Å²) in [5, 5.41) is 12.1. The maximum atomic E-state index is 8.84. The third-order valence-electron chi connectivity index (χ3n) is 2.90. The quantitative estimate of drug-likeness (QED) is 0.879. The molecule has 1 aromatic rings. The maximum absolute atomic E-state index is 8.84. The number of piperidine rings is 1. The second kappa shape index (κ2) is 6.48. The lowest BCUT2D eigenvalue weighted by atomic mass is 10.1. The minimum Gasteiger partial charge on any atom is -0.490 e. The summed E-state index contributed by atoms with van der Waals surface area (Å²) in [5.41, 5.74) is 1.76. The van der Waals surface area contributed by atoms with E-state index < -0.39 is 0 Å². The van der Waals surface area contributed by atoms with E-state index in [1.165, 1.54) is 0 Å². The Morgan fingerprint density at radius 3 is 2.71 bits per heavy atom. The Labute approximate surface area is 108 Å².